The Labute approximate surface area is 193 Å². The Balaban J connectivity index is 1.39. The molecule has 9 nitrogen and oxygen atoms in total. The van der Waals surface area contributed by atoms with Crippen molar-refractivity contribution in [3.63, 3.8) is 0 Å². The number of tetrazole rings is 1. The number of hydrogen-bond donors (Lipinski definition) is 1. The Morgan fingerprint density at radius 3 is 2.79 bits per heavy atom. The second kappa shape index (κ2) is 9.64. The molecule has 1 saturated carbocycles. The molecule has 1 aromatic carbocycles. The second-order valence-corrected chi connectivity index (χ2v) is 9.09. The molecule has 5 rings (SSSR count). The number of fused-ring (bicyclic) bond motifs is 1. The number of rotatable bonds is 9. The summed E-state index contributed by atoms with van der Waals surface area (Å²) in [6.45, 7) is 6.06. The van der Waals surface area contributed by atoms with Crippen molar-refractivity contribution in [2.75, 3.05) is 4.90 Å². The molecule has 0 radical (unpaired) electrons. The van der Waals surface area contributed by atoms with Crippen LogP contribution in [0.25, 0.3) is 11.2 Å². The number of nitrogens with zero attached hydrogens (tertiary/aromatic N) is 8. The van der Waals surface area contributed by atoms with Crippen LogP contribution in [0.5, 0.6) is 0 Å². The first kappa shape index (κ1) is 21.5. The van der Waals surface area contributed by atoms with Gasteiger partial charge in [-0.1, -0.05) is 41.8 Å². The highest BCUT2D eigenvalue weighted by Gasteiger charge is 2.27. The van der Waals surface area contributed by atoms with Crippen LogP contribution < -0.4 is 4.90 Å². The molecular weight excluding hydrogens is 414 g/mol. The molecule has 3 heterocycles. The van der Waals surface area contributed by atoms with Crippen LogP contribution in [-0.2, 0) is 19.5 Å². The van der Waals surface area contributed by atoms with Crippen molar-refractivity contribution in [3.8, 4) is 0 Å². The number of anilines is 1. The molecule has 1 N–H and O–H groups in total. The average Bonchev–Trinajstić information content (AvgIpc) is 3.59. The number of H-pyrrole nitrogens is 1. The number of aromatic amines is 1. The highest BCUT2D eigenvalue weighted by Crippen LogP contribution is 2.32. The van der Waals surface area contributed by atoms with Gasteiger partial charge in [-0.25, -0.2) is 15.0 Å². The van der Waals surface area contributed by atoms with Gasteiger partial charge in [0.05, 0.1) is 6.33 Å². The van der Waals surface area contributed by atoms with E-state index in [0.29, 0.717) is 6.04 Å². The van der Waals surface area contributed by atoms with Gasteiger partial charge >= 0.3 is 0 Å². The number of benzene rings is 1. The standard InChI is InChI=1S/C24H31N9/c1-17-10-11-18(2)19(13-17)14-33(20-7-3-4-8-20)24-22-23(25-15-26-24)32(16-27-22)12-6-5-9-21-28-30-31-29-21/h10-11,13,15-16,20H,3-9,12,14H2,1-2H3,(H,28,29,30,31). The van der Waals surface area contributed by atoms with E-state index in [1.165, 1.54) is 42.4 Å². The Hall–Kier alpha value is -3.36. The van der Waals surface area contributed by atoms with Crippen LogP contribution in [0.15, 0.2) is 30.9 Å². The topological polar surface area (TPSA) is 101 Å². The summed E-state index contributed by atoms with van der Waals surface area (Å²) in [6, 6.07) is 7.19. The first-order chi connectivity index (χ1) is 16.2. The number of imidazole rings is 1. The van der Waals surface area contributed by atoms with Gasteiger partial charge in [0.15, 0.2) is 22.8 Å². The van der Waals surface area contributed by atoms with E-state index in [4.69, 9.17) is 9.97 Å². The van der Waals surface area contributed by atoms with E-state index >= 15 is 0 Å². The summed E-state index contributed by atoms with van der Waals surface area (Å²) in [5.41, 5.74) is 5.77. The molecule has 172 valence electrons. The van der Waals surface area contributed by atoms with Crippen molar-refractivity contribution in [1.82, 2.24) is 40.1 Å². The fourth-order valence-corrected chi connectivity index (χ4v) is 4.84. The Morgan fingerprint density at radius 1 is 1.09 bits per heavy atom. The molecular formula is C24H31N9. The zero-order chi connectivity index (χ0) is 22.6. The van der Waals surface area contributed by atoms with Crippen molar-refractivity contribution in [2.24, 2.45) is 0 Å². The minimum atomic E-state index is 0.489. The molecule has 0 bridgehead atoms. The molecule has 0 unspecified atom stereocenters. The summed E-state index contributed by atoms with van der Waals surface area (Å²) in [5.74, 6) is 1.71. The van der Waals surface area contributed by atoms with E-state index in [2.05, 4.69) is 67.1 Å². The molecule has 1 aliphatic rings. The van der Waals surface area contributed by atoms with Crippen LogP contribution in [-0.4, -0.2) is 46.2 Å². The van der Waals surface area contributed by atoms with E-state index in [-0.39, 0.29) is 0 Å². The number of aryl methyl sites for hydroxylation is 4. The lowest BCUT2D eigenvalue weighted by Gasteiger charge is -2.31. The van der Waals surface area contributed by atoms with E-state index in [1.807, 2.05) is 6.33 Å². The summed E-state index contributed by atoms with van der Waals surface area (Å²) in [6.07, 6.45) is 11.3. The monoisotopic (exact) mass is 445 g/mol. The lowest BCUT2D eigenvalue weighted by atomic mass is 10.0. The van der Waals surface area contributed by atoms with Crippen molar-refractivity contribution in [3.05, 3.63) is 53.4 Å². The smallest absolute Gasteiger partial charge is 0.174 e. The van der Waals surface area contributed by atoms with Crippen molar-refractivity contribution >= 4 is 17.0 Å². The fourth-order valence-electron chi connectivity index (χ4n) is 4.84. The molecule has 1 fully saturated rings. The molecule has 3 aromatic heterocycles. The van der Waals surface area contributed by atoms with Crippen LogP contribution in [0, 0.1) is 13.8 Å². The first-order valence-corrected chi connectivity index (χ1v) is 11.9. The van der Waals surface area contributed by atoms with Crippen molar-refractivity contribution in [2.45, 2.75) is 77.9 Å². The van der Waals surface area contributed by atoms with Crippen molar-refractivity contribution < 1.29 is 0 Å². The average molecular weight is 446 g/mol. The van der Waals surface area contributed by atoms with Crippen LogP contribution in [0.3, 0.4) is 0 Å². The first-order valence-electron chi connectivity index (χ1n) is 11.9. The maximum Gasteiger partial charge on any atom is 0.174 e. The maximum atomic E-state index is 4.78. The lowest BCUT2D eigenvalue weighted by Crippen LogP contribution is -2.34. The normalized spacial score (nSPS) is 14.4. The number of hydrogen-bond acceptors (Lipinski definition) is 7. The van der Waals surface area contributed by atoms with E-state index in [1.54, 1.807) is 6.33 Å². The summed E-state index contributed by atoms with van der Waals surface area (Å²) in [7, 11) is 0. The fraction of sp³-hybridized carbons (Fsp3) is 0.500. The molecule has 9 heteroatoms. The van der Waals surface area contributed by atoms with Gasteiger partial charge < -0.3 is 9.47 Å². The molecule has 0 aliphatic heterocycles. The molecule has 0 amide bonds. The van der Waals surface area contributed by atoms with Gasteiger partial charge in [-0.15, -0.1) is 10.2 Å². The number of unbranched alkanes of at least 4 members (excludes halogenated alkanes) is 1. The maximum absolute atomic E-state index is 4.78. The third-order valence-corrected chi connectivity index (χ3v) is 6.70. The van der Waals surface area contributed by atoms with Gasteiger partial charge in [-0.2, -0.15) is 5.21 Å². The number of aromatic nitrogens is 8. The van der Waals surface area contributed by atoms with Crippen LogP contribution in [0.1, 0.15) is 61.0 Å². The molecule has 0 saturated heterocycles. The third kappa shape index (κ3) is 4.72. The van der Waals surface area contributed by atoms with Gasteiger partial charge in [0, 0.05) is 25.6 Å². The quantitative estimate of drug-likeness (QED) is 0.390. The summed E-state index contributed by atoms with van der Waals surface area (Å²) < 4.78 is 2.14. The van der Waals surface area contributed by atoms with Crippen LogP contribution in [0.4, 0.5) is 5.82 Å². The number of nitrogens with one attached hydrogen (secondary N) is 1. The van der Waals surface area contributed by atoms with Crippen molar-refractivity contribution in [1.29, 1.82) is 0 Å². The van der Waals surface area contributed by atoms with Gasteiger partial charge in [0.25, 0.3) is 0 Å². The predicted molar refractivity (Wildman–Crippen MR) is 127 cm³/mol. The van der Waals surface area contributed by atoms with E-state index in [9.17, 15) is 0 Å². The molecule has 4 aromatic rings. The van der Waals surface area contributed by atoms with Gasteiger partial charge in [-0.3, -0.25) is 0 Å². The summed E-state index contributed by atoms with van der Waals surface area (Å²) in [4.78, 5) is 16.6. The van der Waals surface area contributed by atoms with E-state index < -0.39 is 0 Å². The minimum Gasteiger partial charge on any atom is -0.347 e. The lowest BCUT2D eigenvalue weighted by molar-refractivity contribution is 0.597. The third-order valence-electron chi connectivity index (χ3n) is 6.70. The van der Waals surface area contributed by atoms with Crippen LogP contribution in [0.2, 0.25) is 0 Å². The highest BCUT2D eigenvalue weighted by molar-refractivity contribution is 5.83. The zero-order valence-electron chi connectivity index (χ0n) is 19.4. The second-order valence-electron chi connectivity index (χ2n) is 9.09. The largest absolute Gasteiger partial charge is 0.347 e. The highest BCUT2D eigenvalue weighted by atomic mass is 15.5. The van der Waals surface area contributed by atoms with E-state index in [0.717, 1.165) is 55.2 Å². The van der Waals surface area contributed by atoms with Gasteiger partial charge in [0.1, 0.15) is 6.33 Å². The summed E-state index contributed by atoms with van der Waals surface area (Å²) >= 11 is 0. The summed E-state index contributed by atoms with van der Waals surface area (Å²) in [5, 5.41) is 14.2. The molecule has 0 atom stereocenters. The zero-order valence-corrected chi connectivity index (χ0v) is 19.4. The van der Waals surface area contributed by atoms with Gasteiger partial charge in [0.2, 0.25) is 0 Å². The van der Waals surface area contributed by atoms with Gasteiger partial charge in [-0.05, 0) is 50.7 Å². The molecule has 33 heavy (non-hydrogen) atoms. The minimum absolute atomic E-state index is 0.489. The Morgan fingerprint density at radius 2 is 1.97 bits per heavy atom. The van der Waals surface area contributed by atoms with Crippen LogP contribution >= 0.6 is 0 Å². The SMILES string of the molecule is Cc1ccc(C)c(CN(c2ncnc3c2ncn3CCCCc2nn[nH]n2)C2CCCC2)c1. The molecule has 1 aliphatic carbocycles. The Kier molecular flexibility index (Phi) is 6.28. The molecule has 0 spiro atoms. The predicted octanol–water partition coefficient (Wildman–Crippen LogP) is 3.93. The Bertz CT molecular complexity index is 1190.